The Morgan fingerprint density at radius 1 is 1.50 bits per heavy atom. The number of hydrogen-bond acceptors (Lipinski definition) is 2. The van der Waals surface area contributed by atoms with Gasteiger partial charge in [-0.05, 0) is 25.5 Å². The predicted octanol–water partition coefficient (Wildman–Crippen LogP) is 2.67. The number of hydrogen-bond donors (Lipinski definition) is 1. The molecule has 0 saturated heterocycles. The first-order valence-electron chi connectivity index (χ1n) is 5.52. The first-order valence-corrected chi connectivity index (χ1v) is 5.52. The Morgan fingerprint density at radius 3 is 2.88 bits per heavy atom. The lowest BCUT2D eigenvalue weighted by Gasteiger charge is -2.15. The predicted molar refractivity (Wildman–Crippen MR) is 63.3 cm³/mol. The molecule has 0 fully saturated rings. The van der Waals surface area contributed by atoms with E-state index in [1.807, 2.05) is 6.92 Å². The van der Waals surface area contributed by atoms with Crippen molar-refractivity contribution in [2.24, 2.45) is 0 Å². The minimum absolute atomic E-state index is 0.180. The highest BCUT2D eigenvalue weighted by Crippen LogP contribution is 2.13. The maximum absolute atomic E-state index is 12.7. The highest BCUT2D eigenvalue weighted by atomic mass is 19.1. The number of nitrogens with zero attached hydrogens (tertiary/aromatic N) is 1. The van der Waals surface area contributed by atoms with E-state index in [4.69, 9.17) is 0 Å². The van der Waals surface area contributed by atoms with E-state index in [-0.39, 0.29) is 11.9 Å². The van der Waals surface area contributed by atoms with Crippen molar-refractivity contribution in [1.82, 2.24) is 10.3 Å². The van der Waals surface area contributed by atoms with Gasteiger partial charge in [-0.2, -0.15) is 0 Å². The fourth-order valence-electron chi connectivity index (χ4n) is 1.49. The fourth-order valence-corrected chi connectivity index (χ4v) is 1.49. The molecule has 0 saturated carbocycles. The molecule has 1 unspecified atom stereocenters. The first kappa shape index (κ1) is 12.7. The van der Waals surface area contributed by atoms with E-state index in [1.54, 1.807) is 6.07 Å². The van der Waals surface area contributed by atoms with Crippen molar-refractivity contribution in [3.05, 3.63) is 29.8 Å². The average molecular weight is 220 g/mol. The molecule has 3 heteroatoms. The van der Waals surface area contributed by atoms with Crippen molar-refractivity contribution in [2.75, 3.05) is 6.54 Å². The molecule has 16 heavy (non-hydrogen) atoms. The van der Waals surface area contributed by atoms with Gasteiger partial charge in [0.25, 0.3) is 0 Å². The van der Waals surface area contributed by atoms with Gasteiger partial charge in [-0.1, -0.05) is 6.92 Å². The zero-order valence-electron chi connectivity index (χ0n) is 9.76. The number of nitrogens with one attached hydrogen (secondary N) is 1. The molecule has 1 atom stereocenters. The van der Waals surface area contributed by atoms with Crippen LogP contribution in [-0.2, 0) is 0 Å². The van der Waals surface area contributed by atoms with Gasteiger partial charge in [-0.25, -0.2) is 4.39 Å². The van der Waals surface area contributed by atoms with Crippen LogP contribution in [0.5, 0.6) is 0 Å². The van der Waals surface area contributed by atoms with Crippen LogP contribution in [0.1, 0.15) is 38.4 Å². The Morgan fingerprint density at radius 2 is 2.31 bits per heavy atom. The highest BCUT2D eigenvalue weighted by molar-refractivity contribution is 5.09. The monoisotopic (exact) mass is 220 g/mol. The van der Waals surface area contributed by atoms with Gasteiger partial charge in [0, 0.05) is 19.0 Å². The van der Waals surface area contributed by atoms with E-state index in [1.165, 1.54) is 12.3 Å². The van der Waals surface area contributed by atoms with E-state index >= 15 is 0 Å². The van der Waals surface area contributed by atoms with Gasteiger partial charge in [0.2, 0.25) is 0 Å². The molecule has 0 amide bonds. The van der Waals surface area contributed by atoms with Crippen LogP contribution < -0.4 is 5.32 Å². The molecule has 1 aromatic heterocycles. The lowest BCUT2D eigenvalue weighted by molar-refractivity contribution is 0.512. The van der Waals surface area contributed by atoms with Crippen LogP contribution in [-0.4, -0.2) is 11.5 Å². The van der Waals surface area contributed by atoms with E-state index in [9.17, 15) is 4.39 Å². The lowest BCUT2D eigenvalue weighted by atomic mass is 10.1. The van der Waals surface area contributed by atoms with Gasteiger partial charge >= 0.3 is 0 Å². The molecule has 86 valence electrons. The number of halogens is 1. The summed E-state index contributed by atoms with van der Waals surface area (Å²) in [4.78, 5) is 4.07. The van der Waals surface area contributed by atoms with Gasteiger partial charge in [0.15, 0.2) is 0 Å². The largest absolute Gasteiger partial charge is 0.308 e. The Labute approximate surface area is 96.3 Å². The van der Waals surface area contributed by atoms with Gasteiger partial charge in [0.05, 0.1) is 11.9 Å². The summed E-state index contributed by atoms with van der Waals surface area (Å²) < 4.78 is 12.7. The molecule has 0 aliphatic carbocycles. The van der Waals surface area contributed by atoms with E-state index in [0.29, 0.717) is 0 Å². The molecule has 0 bridgehead atoms. The summed E-state index contributed by atoms with van der Waals surface area (Å²) in [6.45, 7) is 4.74. The Balaban J connectivity index is 2.52. The summed E-state index contributed by atoms with van der Waals surface area (Å²) in [6, 6.07) is 3.35. The molecule has 0 aromatic carbocycles. The molecule has 1 rings (SSSR count). The highest BCUT2D eigenvalue weighted by Gasteiger charge is 2.08. The van der Waals surface area contributed by atoms with Crippen molar-refractivity contribution >= 4 is 0 Å². The second kappa shape index (κ2) is 6.97. The molecule has 1 aromatic rings. The van der Waals surface area contributed by atoms with Gasteiger partial charge in [-0.15, -0.1) is 11.8 Å². The molecular formula is C13H17FN2. The number of aromatic nitrogens is 1. The van der Waals surface area contributed by atoms with Crippen molar-refractivity contribution in [3.63, 3.8) is 0 Å². The topological polar surface area (TPSA) is 24.9 Å². The molecular weight excluding hydrogens is 203 g/mol. The fraction of sp³-hybridized carbons (Fsp3) is 0.462. The molecule has 0 radical (unpaired) electrons. The zero-order chi connectivity index (χ0) is 11.8. The molecule has 0 spiro atoms. The van der Waals surface area contributed by atoms with Gasteiger partial charge in [0.1, 0.15) is 5.82 Å². The average Bonchev–Trinajstić information content (AvgIpc) is 2.31. The molecule has 0 aliphatic heterocycles. The minimum atomic E-state index is -0.296. The third-order valence-corrected chi connectivity index (χ3v) is 2.33. The quantitative estimate of drug-likeness (QED) is 0.609. The Kier molecular flexibility index (Phi) is 5.52. The van der Waals surface area contributed by atoms with Crippen LogP contribution in [0.15, 0.2) is 18.3 Å². The van der Waals surface area contributed by atoms with Crippen molar-refractivity contribution in [2.45, 2.75) is 32.7 Å². The maximum atomic E-state index is 12.7. The van der Waals surface area contributed by atoms with Gasteiger partial charge < -0.3 is 5.32 Å². The Bertz CT molecular complexity index is 362. The zero-order valence-corrected chi connectivity index (χ0v) is 9.76. The summed E-state index contributed by atoms with van der Waals surface area (Å²) >= 11 is 0. The molecule has 2 nitrogen and oxygen atoms in total. The summed E-state index contributed by atoms with van der Waals surface area (Å²) in [7, 11) is 0. The van der Waals surface area contributed by atoms with E-state index in [2.05, 4.69) is 29.1 Å². The lowest BCUT2D eigenvalue weighted by Crippen LogP contribution is -2.22. The Hall–Kier alpha value is -1.40. The van der Waals surface area contributed by atoms with Gasteiger partial charge in [-0.3, -0.25) is 4.98 Å². The van der Waals surface area contributed by atoms with Crippen LogP contribution in [0.4, 0.5) is 4.39 Å². The second-order valence-corrected chi connectivity index (χ2v) is 3.49. The van der Waals surface area contributed by atoms with Crippen LogP contribution in [0.2, 0.25) is 0 Å². The van der Waals surface area contributed by atoms with Crippen molar-refractivity contribution in [3.8, 4) is 11.8 Å². The molecule has 1 heterocycles. The summed E-state index contributed by atoms with van der Waals surface area (Å²) in [5, 5.41) is 3.35. The van der Waals surface area contributed by atoms with Crippen molar-refractivity contribution < 1.29 is 4.39 Å². The summed E-state index contributed by atoms with van der Waals surface area (Å²) in [5.41, 5.74) is 0.883. The van der Waals surface area contributed by atoms with Crippen LogP contribution in [0.25, 0.3) is 0 Å². The van der Waals surface area contributed by atoms with Crippen LogP contribution in [0.3, 0.4) is 0 Å². The third-order valence-electron chi connectivity index (χ3n) is 2.33. The SMILES string of the molecule is CC#CCCNC(CC)c1ccc(F)cn1. The van der Waals surface area contributed by atoms with Crippen LogP contribution in [0, 0.1) is 17.7 Å². The standard InChI is InChI=1S/C13H17FN2/c1-3-5-6-9-15-12(4-2)13-8-7-11(14)10-16-13/h7-8,10,12,15H,4,6,9H2,1-2H3. The smallest absolute Gasteiger partial charge is 0.141 e. The van der Waals surface area contributed by atoms with E-state index in [0.717, 1.165) is 25.1 Å². The minimum Gasteiger partial charge on any atom is -0.308 e. The summed E-state index contributed by atoms with van der Waals surface area (Å²) in [6.07, 6.45) is 3.01. The second-order valence-electron chi connectivity index (χ2n) is 3.49. The third kappa shape index (κ3) is 4.00. The van der Waals surface area contributed by atoms with E-state index < -0.39 is 0 Å². The molecule has 1 N–H and O–H groups in total. The molecule has 0 aliphatic rings. The summed E-state index contributed by atoms with van der Waals surface area (Å²) in [5.74, 6) is 5.55. The number of rotatable bonds is 5. The number of pyridine rings is 1. The van der Waals surface area contributed by atoms with Crippen molar-refractivity contribution in [1.29, 1.82) is 0 Å². The normalized spacial score (nSPS) is 11.7. The van der Waals surface area contributed by atoms with Crippen LogP contribution >= 0.6 is 0 Å². The first-order chi connectivity index (χ1) is 7.77. The maximum Gasteiger partial charge on any atom is 0.141 e.